The van der Waals surface area contributed by atoms with E-state index >= 15 is 0 Å². The number of para-hydroxylation sites is 1. The van der Waals surface area contributed by atoms with Crippen LogP contribution in [-0.4, -0.2) is 5.11 Å². The summed E-state index contributed by atoms with van der Waals surface area (Å²) in [6.45, 7) is 0. The largest absolute Gasteiger partial charge is 0.507 e. The molecule has 0 amide bonds. The van der Waals surface area contributed by atoms with Crippen molar-refractivity contribution in [2.75, 3.05) is 0 Å². The molecule has 9 heavy (non-hydrogen) atoms. The van der Waals surface area contributed by atoms with E-state index in [1.165, 1.54) is 0 Å². The normalized spacial score (nSPS) is 8.11. The standard InChI is InChI=1S/C6H6OS.Zn/c7-5-3-1-2-4-6(5)8;/h1-4,7-8H;. The molecule has 0 spiro atoms. The first kappa shape index (κ1) is 8.99. The number of benzene rings is 1. The van der Waals surface area contributed by atoms with Crippen LogP contribution < -0.4 is 0 Å². The number of rotatable bonds is 0. The van der Waals surface area contributed by atoms with Crippen LogP contribution in [0.2, 0.25) is 0 Å². The smallest absolute Gasteiger partial charge is 0.128 e. The van der Waals surface area contributed by atoms with Crippen molar-refractivity contribution in [3.05, 3.63) is 24.3 Å². The summed E-state index contributed by atoms with van der Waals surface area (Å²) in [5.41, 5.74) is 0. The SMILES string of the molecule is Oc1ccccc1S.[Zn]. The van der Waals surface area contributed by atoms with E-state index in [1.54, 1.807) is 18.2 Å². The first-order valence-electron chi connectivity index (χ1n) is 2.27. The Labute approximate surface area is 72.3 Å². The molecule has 0 aromatic heterocycles. The van der Waals surface area contributed by atoms with E-state index in [1.807, 2.05) is 6.07 Å². The minimum Gasteiger partial charge on any atom is -0.507 e. The van der Waals surface area contributed by atoms with Crippen molar-refractivity contribution in [2.45, 2.75) is 4.90 Å². The van der Waals surface area contributed by atoms with E-state index in [4.69, 9.17) is 5.11 Å². The number of phenols is 1. The Morgan fingerprint density at radius 2 is 1.78 bits per heavy atom. The minimum absolute atomic E-state index is 0. The Morgan fingerprint density at radius 1 is 1.22 bits per heavy atom. The van der Waals surface area contributed by atoms with Gasteiger partial charge in [0.2, 0.25) is 0 Å². The summed E-state index contributed by atoms with van der Waals surface area (Å²) < 4.78 is 0. The molecule has 0 unspecified atom stereocenters. The third-order valence-corrected chi connectivity index (χ3v) is 1.26. The molecule has 0 fully saturated rings. The second-order valence-electron chi connectivity index (χ2n) is 1.49. The summed E-state index contributed by atoms with van der Waals surface area (Å²) in [6, 6.07) is 6.91. The predicted molar refractivity (Wildman–Crippen MR) is 35.4 cm³/mol. The van der Waals surface area contributed by atoms with Gasteiger partial charge in [0.25, 0.3) is 0 Å². The summed E-state index contributed by atoms with van der Waals surface area (Å²) in [6.07, 6.45) is 0. The zero-order chi connectivity index (χ0) is 5.98. The summed E-state index contributed by atoms with van der Waals surface area (Å²) in [4.78, 5) is 0.618. The molecule has 0 atom stereocenters. The van der Waals surface area contributed by atoms with Crippen LogP contribution in [0.25, 0.3) is 0 Å². The summed E-state index contributed by atoms with van der Waals surface area (Å²) in [7, 11) is 0. The molecule has 0 radical (unpaired) electrons. The van der Waals surface area contributed by atoms with Gasteiger partial charge in [0.15, 0.2) is 0 Å². The third kappa shape index (κ3) is 2.38. The fourth-order valence-corrected chi connectivity index (χ4v) is 0.625. The van der Waals surface area contributed by atoms with Gasteiger partial charge >= 0.3 is 0 Å². The van der Waals surface area contributed by atoms with E-state index in [0.29, 0.717) is 4.90 Å². The second kappa shape index (κ2) is 3.91. The minimum atomic E-state index is 0. The number of aromatic hydroxyl groups is 1. The Hall–Kier alpha value is -0.00662. The maximum absolute atomic E-state index is 8.84. The van der Waals surface area contributed by atoms with Crippen molar-refractivity contribution in [3.8, 4) is 5.75 Å². The molecule has 44 valence electrons. The quantitative estimate of drug-likeness (QED) is 0.472. The Bertz CT molecular complexity index is 169. The van der Waals surface area contributed by atoms with Gasteiger partial charge in [-0.2, -0.15) is 0 Å². The van der Waals surface area contributed by atoms with Crippen molar-refractivity contribution in [3.63, 3.8) is 0 Å². The molecule has 3 heteroatoms. The Kier molecular flexibility index (Phi) is 3.91. The van der Waals surface area contributed by atoms with E-state index in [-0.39, 0.29) is 25.2 Å². The Balaban J connectivity index is 0.000000640. The molecule has 1 aromatic rings. The average Bonchev–Trinajstić information content (AvgIpc) is 1.77. The average molecular weight is 192 g/mol. The molecular formula is C6H6OSZn. The van der Waals surface area contributed by atoms with Crippen LogP contribution in [0.4, 0.5) is 0 Å². The molecule has 0 aliphatic carbocycles. The molecule has 1 rings (SSSR count). The van der Waals surface area contributed by atoms with Crippen molar-refractivity contribution in [1.82, 2.24) is 0 Å². The zero-order valence-corrected chi connectivity index (χ0v) is 8.77. The number of phenolic OH excluding ortho intramolecular Hbond substituents is 1. The molecule has 0 heterocycles. The van der Waals surface area contributed by atoms with Gasteiger partial charge in [-0.15, -0.1) is 12.6 Å². The molecular weight excluding hydrogens is 186 g/mol. The first-order chi connectivity index (χ1) is 3.80. The van der Waals surface area contributed by atoms with E-state index < -0.39 is 0 Å². The van der Waals surface area contributed by atoms with Crippen molar-refractivity contribution < 1.29 is 24.6 Å². The monoisotopic (exact) mass is 190 g/mol. The van der Waals surface area contributed by atoms with Gasteiger partial charge in [0.1, 0.15) is 5.75 Å². The molecule has 0 aliphatic rings. The van der Waals surface area contributed by atoms with Crippen LogP contribution in [-0.2, 0) is 19.5 Å². The predicted octanol–water partition coefficient (Wildman–Crippen LogP) is 1.68. The summed E-state index contributed by atoms with van der Waals surface area (Å²) in [5.74, 6) is 0.232. The topological polar surface area (TPSA) is 20.2 Å². The number of hydrogen-bond acceptors (Lipinski definition) is 2. The Morgan fingerprint density at radius 3 is 2.11 bits per heavy atom. The first-order valence-corrected chi connectivity index (χ1v) is 2.72. The van der Waals surface area contributed by atoms with E-state index in [0.717, 1.165) is 0 Å². The van der Waals surface area contributed by atoms with Crippen LogP contribution in [0.3, 0.4) is 0 Å². The molecule has 0 aliphatic heterocycles. The number of thiol groups is 1. The summed E-state index contributed by atoms with van der Waals surface area (Å²) in [5, 5.41) is 8.84. The van der Waals surface area contributed by atoms with Gasteiger partial charge in [-0.05, 0) is 12.1 Å². The fourth-order valence-electron chi connectivity index (χ4n) is 0.464. The van der Waals surface area contributed by atoms with Gasteiger partial charge in [-0.25, -0.2) is 0 Å². The molecule has 0 saturated heterocycles. The van der Waals surface area contributed by atoms with E-state index in [2.05, 4.69) is 12.6 Å². The third-order valence-electron chi connectivity index (χ3n) is 0.882. The fraction of sp³-hybridized carbons (Fsp3) is 0. The maximum atomic E-state index is 8.84. The van der Waals surface area contributed by atoms with Gasteiger partial charge < -0.3 is 5.11 Å². The van der Waals surface area contributed by atoms with Gasteiger partial charge in [-0.3, -0.25) is 0 Å². The van der Waals surface area contributed by atoms with Crippen molar-refractivity contribution >= 4 is 12.6 Å². The van der Waals surface area contributed by atoms with Crippen LogP contribution >= 0.6 is 12.6 Å². The summed E-state index contributed by atoms with van der Waals surface area (Å²) >= 11 is 3.95. The molecule has 0 saturated carbocycles. The molecule has 1 nitrogen and oxygen atoms in total. The molecule has 1 aromatic carbocycles. The van der Waals surface area contributed by atoms with Gasteiger partial charge in [0, 0.05) is 24.4 Å². The van der Waals surface area contributed by atoms with Crippen molar-refractivity contribution in [2.24, 2.45) is 0 Å². The number of hydrogen-bond donors (Lipinski definition) is 2. The second-order valence-corrected chi connectivity index (χ2v) is 1.97. The van der Waals surface area contributed by atoms with Crippen LogP contribution in [0.15, 0.2) is 29.2 Å². The van der Waals surface area contributed by atoms with Crippen LogP contribution in [0.1, 0.15) is 0 Å². The van der Waals surface area contributed by atoms with Gasteiger partial charge in [0.05, 0.1) is 0 Å². The molecule has 1 N–H and O–H groups in total. The van der Waals surface area contributed by atoms with Crippen molar-refractivity contribution in [1.29, 1.82) is 0 Å². The zero-order valence-electron chi connectivity index (χ0n) is 4.91. The maximum Gasteiger partial charge on any atom is 0.128 e. The molecule has 0 bridgehead atoms. The van der Waals surface area contributed by atoms with E-state index in [9.17, 15) is 0 Å². The van der Waals surface area contributed by atoms with Crippen LogP contribution in [0, 0.1) is 0 Å². The van der Waals surface area contributed by atoms with Crippen LogP contribution in [0.5, 0.6) is 5.75 Å². The van der Waals surface area contributed by atoms with Gasteiger partial charge in [-0.1, -0.05) is 12.1 Å².